The van der Waals surface area contributed by atoms with E-state index < -0.39 is 0 Å². The molecule has 0 N–H and O–H groups in total. The molecule has 0 atom stereocenters. The molecule has 3 heteroatoms. The van der Waals surface area contributed by atoms with Gasteiger partial charge in [0.05, 0.1) is 11.3 Å². The molecule has 0 radical (unpaired) electrons. The van der Waals surface area contributed by atoms with Crippen molar-refractivity contribution in [3.8, 4) is 17.2 Å². The molecule has 0 bridgehead atoms. The molecular weight excluding hydrogens is 272 g/mol. The van der Waals surface area contributed by atoms with Crippen molar-refractivity contribution in [2.24, 2.45) is 0 Å². The summed E-state index contributed by atoms with van der Waals surface area (Å²) in [6, 6.07) is 17.5. The molecule has 2 aromatic carbocycles. The van der Waals surface area contributed by atoms with E-state index >= 15 is 0 Å². The largest absolute Gasteiger partial charge is 0.308 e. The number of likely N-dealkylation sites (N-methyl/N-ethyl adjacent to an activating group) is 1. The van der Waals surface area contributed by atoms with Gasteiger partial charge >= 0.3 is 0 Å². The third-order valence-corrected chi connectivity index (χ3v) is 3.46. The van der Waals surface area contributed by atoms with E-state index in [2.05, 4.69) is 12.6 Å². The molecule has 2 aromatic rings. The van der Waals surface area contributed by atoms with Crippen LogP contribution in [0, 0.1) is 11.3 Å². The highest BCUT2D eigenvalue weighted by Crippen LogP contribution is 2.31. The minimum atomic E-state index is -0.163. The lowest BCUT2D eigenvalue weighted by molar-refractivity contribution is -0.115. The second-order valence-corrected chi connectivity index (χ2v) is 5.01. The molecule has 0 aliphatic heterocycles. The first-order chi connectivity index (χ1) is 10.6. The predicted octanol–water partition coefficient (Wildman–Crippen LogP) is 4.15. The van der Waals surface area contributed by atoms with Gasteiger partial charge in [0.15, 0.2) is 0 Å². The lowest BCUT2D eigenvalue weighted by Crippen LogP contribution is -2.31. The maximum Gasteiger partial charge on any atom is 0.253 e. The van der Waals surface area contributed by atoms with Crippen molar-refractivity contribution in [1.82, 2.24) is 0 Å². The number of nitriles is 1. The van der Waals surface area contributed by atoms with E-state index in [-0.39, 0.29) is 5.91 Å². The van der Waals surface area contributed by atoms with Crippen LogP contribution in [0.5, 0.6) is 0 Å². The average Bonchev–Trinajstić information content (AvgIpc) is 2.55. The molecule has 1 amide bonds. The van der Waals surface area contributed by atoms with Crippen LogP contribution in [0.1, 0.15) is 19.4 Å². The van der Waals surface area contributed by atoms with Gasteiger partial charge in [0.1, 0.15) is 6.07 Å². The van der Waals surface area contributed by atoms with Crippen molar-refractivity contribution in [1.29, 1.82) is 5.26 Å². The number of hydrogen-bond donors (Lipinski definition) is 0. The smallest absolute Gasteiger partial charge is 0.253 e. The summed E-state index contributed by atoms with van der Waals surface area (Å²) >= 11 is 0. The predicted molar refractivity (Wildman–Crippen MR) is 89.4 cm³/mol. The fourth-order valence-corrected chi connectivity index (χ4v) is 2.39. The van der Waals surface area contributed by atoms with Crippen LogP contribution in [0.15, 0.2) is 60.7 Å². The van der Waals surface area contributed by atoms with E-state index in [9.17, 15) is 10.1 Å². The van der Waals surface area contributed by atoms with E-state index in [1.807, 2.05) is 49.4 Å². The summed E-state index contributed by atoms with van der Waals surface area (Å²) < 4.78 is 0. The van der Waals surface area contributed by atoms with Gasteiger partial charge < -0.3 is 4.90 Å². The lowest BCUT2D eigenvalue weighted by atomic mass is 9.98. The first-order valence-corrected chi connectivity index (χ1v) is 7.16. The van der Waals surface area contributed by atoms with Crippen molar-refractivity contribution in [3.63, 3.8) is 0 Å². The topological polar surface area (TPSA) is 44.1 Å². The van der Waals surface area contributed by atoms with Crippen LogP contribution in [-0.2, 0) is 4.79 Å². The quantitative estimate of drug-likeness (QED) is 0.794. The van der Waals surface area contributed by atoms with E-state index in [1.165, 1.54) is 0 Å². The molecule has 0 saturated heterocycles. The molecule has 0 spiro atoms. The highest BCUT2D eigenvalue weighted by atomic mass is 16.2. The summed E-state index contributed by atoms with van der Waals surface area (Å²) in [6.07, 6.45) is 0. The maximum atomic E-state index is 12.3. The Morgan fingerprint density at radius 2 is 1.86 bits per heavy atom. The summed E-state index contributed by atoms with van der Waals surface area (Å²) in [5.74, 6) is -0.163. The number of hydrogen-bond acceptors (Lipinski definition) is 2. The van der Waals surface area contributed by atoms with Gasteiger partial charge in [-0.15, -0.1) is 0 Å². The maximum absolute atomic E-state index is 12.3. The minimum Gasteiger partial charge on any atom is -0.308 e. The summed E-state index contributed by atoms with van der Waals surface area (Å²) in [4.78, 5) is 13.9. The zero-order valence-corrected chi connectivity index (χ0v) is 12.8. The second kappa shape index (κ2) is 6.73. The first-order valence-electron chi connectivity index (χ1n) is 7.16. The Bertz CT molecular complexity index is 742. The van der Waals surface area contributed by atoms with Crippen molar-refractivity contribution >= 4 is 11.6 Å². The number of benzene rings is 2. The Kier molecular flexibility index (Phi) is 4.75. The molecule has 3 nitrogen and oxygen atoms in total. The van der Waals surface area contributed by atoms with Gasteiger partial charge in [0.2, 0.25) is 0 Å². The highest BCUT2D eigenvalue weighted by Gasteiger charge is 2.19. The molecule has 2 rings (SSSR count). The monoisotopic (exact) mass is 290 g/mol. The Hall–Kier alpha value is -2.86. The van der Waals surface area contributed by atoms with Gasteiger partial charge in [0, 0.05) is 17.7 Å². The molecular formula is C19H18N2O. The Morgan fingerprint density at radius 3 is 2.41 bits per heavy atom. The SMILES string of the molecule is C=C(C)C(=O)N(CC)c1cccc(-c2ccccc2)c1C#N. The van der Waals surface area contributed by atoms with Crippen LogP contribution in [-0.4, -0.2) is 12.5 Å². The third kappa shape index (κ3) is 2.91. The van der Waals surface area contributed by atoms with Crippen molar-refractivity contribution in [2.75, 3.05) is 11.4 Å². The van der Waals surface area contributed by atoms with Crippen molar-refractivity contribution in [3.05, 3.63) is 66.2 Å². The number of nitrogens with zero attached hydrogens (tertiary/aromatic N) is 2. The van der Waals surface area contributed by atoms with E-state index in [0.29, 0.717) is 23.4 Å². The normalized spacial score (nSPS) is 9.86. The number of rotatable bonds is 4. The minimum absolute atomic E-state index is 0.163. The average molecular weight is 290 g/mol. The Labute approximate surface area is 131 Å². The Morgan fingerprint density at radius 1 is 1.18 bits per heavy atom. The second-order valence-electron chi connectivity index (χ2n) is 5.01. The fourth-order valence-electron chi connectivity index (χ4n) is 2.39. The Balaban J connectivity index is 2.61. The summed E-state index contributed by atoms with van der Waals surface area (Å²) in [6.45, 7) is 7.76. The van der Waals surface area contributed by atoms with Crippen LogP contribution in [0.2, 0.25) is 0 Å². The van der Waals surface area contributed by atoms with Crippen molar-refractivity contribution < 1.29 is 4.79 Å². The van der Waals surface area contributed by atoms with Gasteiger partial charge in [-0.3, -0.25) is 4.79 Å². The summed E-state index contributed by atoms with van der Waals surface area (Å²) in [5, 5.41) is 9.61. The van der Waals surface area contributed by atoms with Crippen molar-refractivity contribution in [2.45, 2.75) is 13.8 Å². The third-order valence-electron chi connectivity index (χ3n) is 3.46. The molecule has 0 aromatic heterocycles. The van der Waals surface area contributed by atoms with E-state index in [1.54, 1.807) is 17.9 Å². The first kappa shape index (κ1) is 15.5. The fraction of sp³-hybridized carbons (Fsp3) is 0.158. The highest BCUT2D eigenvalue weighted by molar-refractivity contribution is 6.06. The zero-order valence-electron chi connectivity index (χ0n) is 12.8. The molecule has 0 heterocycles. The number of anilines is 1. The van der Waals surface area contributed by atoms with E-state index in [4.69, 9.17) is 0 Å². The van der Waals surface area contributed by atoms with Gasteiger partial charge in [-0.05, 0) is 25.5 Å². The zero-order chi connectivity index (χ0) is 16.1. The van der Waals surface area contributed by atoms with Crippen LogP contribution < -0.4 is 4.90 Å². The van der Waals surface area contributed by atoms with Crippen LogP contribution in [0.4, 0.5) is 5.69 Å². The van der Waals surface area contributed by atoms with Crippen LogP contribution >= 0.6 is 0 Å². The van der Waals surface area contributed by atoms with Gasteiger partial charge in [0.25, 0.3) is 5.91 Å². The lowest BCUT2D eigenvalue weighted by Gasteiger charge is -2.23. The van der Waals surface area contributed by atoms with Crippen LogP contribution in [0.3, 0.4) is 0 Å². The van der Waals surface area contributed by atoms with E-state index in [0.717, 1.165) is 11.1 Å². The van der Waals surface area contributed by atoms with Gasteiger partial charge in [-0.2, -0.15) is 5.26 Å². The molecule has 110 valence electrons. The number of amides is 1. The summed E-state index contributed by atoms with van der Waals surface area (Å²) in [7, 11) is 0. The molecule has 22 heavy (non-hydrogen) atoms. The van der Waals surface area contributed by atoms with Crippen LogP contribution in [0.25, 0.3) is 11.1 Å². The van der Waals surface area contributed by atoms with Gasteiger partial charge in [-0.25, -0.2) is 0 Å². The summed E-state index contributed by atoms with van der Waals surface area (Å²) in [5.41, 5.74) is 3.37. The number of carbonyl (C=O) groups excluding carboxylic acids is 1. The molecule has 0 fully saturated rings. The standard InChI is InChI=1S/C19H18N2O/c1-4-21(19(22)14(2)3)18-12-8-11-16(17(18)13-20)15-9-6-5-7-10-15/h5-12H,2,4H2,1,3H3. The molecule has 0 saturated carbocycles. The molecule has 0 aliphatic carbocycles. The molecule has 0 aliphatic rings. The molecule has 0 unspecified atom stereocenters. The number of carbonyl (C=O) groups is 1. The van der Waals surface area contributed by atoms with Gasteiger partial charge in [-0.1, -0.05) is 49.0 Å².